The third kappa shape index (κ3) is 4.70. The van der Waals surface area contributed by atoms with Crippen LogP contribution in [0.2, 0.25) is 0 Å². The summed E-state index contributed by atoms with van der Waals surface area (Å²) in [7, 11) is 2.97. The van der Waals surface area contributed by atoms with E-state index in [1.54, 1.807) is 30.4 Å². The molecule has 7 nitrogen and oxygen atoms in total. The van der Waals surface area contributed by atoms with Crippen molar-refractivity contribution in [1.29, 1.82) is 0 Å². The third-order valence-electron chi connectivity index (χ3n) is 2.80. The van der Waals surface area contributed by atoms with Gasteiger partial charge >= 0.3 is 12.0 Å². The average Bonchev–Trinajstić information content (AvgIpc) is 2.58. The Morgan fingerprint density at radius 2 is 1.96 bits per heavy atom. The fraction of sp³-hybridized carbons (Fsp3) is 0.188. The molecular weight excluding hydrogens is 300 g/mol. The Morgan fingerprint density at radius 3 is 2.65 bits per heavy atom. The first-order valence-corrected chi connectivity index (χ1v) is 6.71. The van der Waals surface area contributed by atoms with Crippen LogP contribution in [0.15, 0.2) is 30.3 Å². The molecule has 1 N–H and O–H groups in total. The van der Waals surface area contributed by atoms with Crippen molar-refractivity contribution in [1.82, 2.24) is 9.97 Å². The van der Waals surface area contributed by atoms with Gasteiger partial charge in [0, 0.05) is 11.6 Å². The topological polar surface area (TPSA) is 90.8 Å². The van der Waals surface area contributed by atoms with Gasteiger partial charge in [-0.25, -0.2) is 4.79 Å². The number of hydrogen-bond acceptors (Lipinski definition) is 6. The zero-order valence-corrected chi connectivity index (χ0v) is 12.7. The van der Waals surface area contributed by atoms with Gasteiger partial charge in [0.1, 0.15) is 5.75 Å². The first kappa shape index (κ1) is 16.3. The van der Waals surface area contributed by atoms with Gasteiger partial charge in [-0.3, -0.25) is 0 Å². The van der Waals surface area contributed by atoms with Crippen molar-refractivity contribution in [2.75, 3.05) is 20.8 Å². The van der Waals surface area contributed by atoms with Crippen molar-refractivity contribution in [2.24, 2.45) is 0 Å². The van der Waals surface area contributed by atoms with Gasteiger partial charge in [0.05, 0.1) is 19.9 Å². The first-order valence-electron chi connectivity index (χ1n) is 6.71. The number of rotatable bonds is 7. The number of para-hydroxylation sites is 1. The second kappa shape index (κ2) is 7.79. The van der Waals surface area contributed by atoms with Crippen molar-refractivity contribution >= 4 is 18.1 Å². The number of methoxy groups -OCH3 is 2. The lowest BCUT2D eigenvalue weighted by atomic mass is 10.1. The maximum atomic E-state index is 10.6. The van der Waals surface area contributed by atoms with Gasteiger partial charge < -0.3 is 19.3 Å². The Hall–Kier alpha value is -3.09. The summed E-state index contributed by atoms with van der Waals surface area (Å²) in [5.41, 5.74) is 1.31. The van der Waals surface area contributed by atoms with Gasteiger partial charge in [-0.1, -0.05) is 18.2 Å². The molecule has 0 aliphatic carbocycles. The van der Waals surface area contributed by atoms with E-state index in [1.165, 1.54) is 14.2 Å². The van der Waals surface area contributed by atoms with Crippen LogP contribution in [0, 0.1) is 0 Å². The summed E-state index contributed by atoms with van der Waals surface area (Å²) in [6.45, 7) is -0.403. The zero-order chi connectivity index (χ0) is 16.7. The molecule has 0 atom stereocenters. The lowest BCUT2D eigenvalue weighted by molar-refractivity contribution is -0.139. The average molecular weight is 316 g/mol. The number of nitrogens with zero attached hydrogens (tertiary/aromatic N) is 2. The first-order chi connectivity index (χ1) is 11.1. The molecule has 0 amide bonds. The highest BCUT2D eigenvalue weighted by Crippen LogP contribution is 2.21. The van der Waals surface area contributed by atoms with E-state index in [0.29, 0.717) is 17.3 Å². The summed E-state index contributed by atoms with van der Waals surface area (Å²) < 4.78 is 15.3. The minimum absolute atomic E-state index is 0.194. The van der Waals surface area contributed by atoms with Gasteiger partial charge in [0.2, 0.25) is 5.88 Å². The van der Waals surface area contributed by atoms with Crippen LogP contribution in [-0.2, 0) is 4.79 Å². The van der Waals surface area contributed by atoms with Crippen LogP contribution in [-0.4, -0.2) is 41.9 Å². The summed E-state index contributed by atoms with van der Waals surface area (Å²) in [5.74, 6) is -0.180. The van der Waals surface area contributed by atoms with Crippen LogP contribution >= 0.6 is 0 Å². The Kier molecular flexibility index (Phi) is 5.51. The Labute approximate surface area is 133 Å². The molecule has 0 saturated heterocycles. The van der Waals surface area contributed by atoms with E-state index in [9.17, 15) is 4.79 Å². The molecule has 0 saturated carbocycles. The highest BCUT2D eigenvalue weighted by Gasteiger charge is 2.05. The van der Waals surface area contributed by atoms with E-state index in [0.717, 1.165) is 5.56 Å². The van der Waals surface area contributed by atoms with Crippen LogP contribution in [0.3, 0.4) is 0 Å². The van der Waals surface area contributed by atoms with Crippen molar-refractivity contribution in [3.63, 3.8) is 0 Å². The molecule has 0 bridgehead atoms. The number of benzene rings is 1. The highest BCUT2D eigenvalue weighted by atomic mass is 16.5. The Morgan fingerprint density at radius 1 is 1.17 bits per heavy atom. The molecule has 0 fully saturated rings. The molecule has 0 aliphatic rings. The number of carbonyl (C=O) groups is 1. The maximum Gasteiger partial charge on any atom is 0.341 e. The van der Waals surface area contributed by atoms with Crippen molar-refractivity contribution in [2.45, 2.75) is 0 Å². The predicted octanol–water partition coefficient (Wildman–Crippen LogP) is 2.13. The second-order valence-electron chi connectivity index (χ2n) is 4.38. The lowest BCUT2D eigenvalue weighted by Gasteiger charge is -2.07. The van der Waals surface area contributed by atoms with Crippen LogP contribution in [0.25, 0.3) is 12.2 Å². The maximum absolute atomic E-state index is 10.6. The second-order valence-corrected chi connectivity index (χ2v) is 4.38. The molecule has 120 valence electrons. The van der Waals surface area contributed by atoms with E-state index in [1.807, 2.05) is 12.1 Å². The molecule has 0 aliphatic heterocycles. The molecule has 2 rings (SSSR count). The number of carboxylic acid groups (broad SMARTS) is 1. The number of carboxylic acids is 1. The highest BCUT2D eigenvalue weighted by molar-refractivity contribution is 5.72. The van der Waals surface area contributed by atoms with Crippen molar-refractivity contribution < 1.29 is 24.1 Å². The number of ether oxygens (including phenoxy) is 3. The molecular formula is C16H16N2O5. The van der Waals surface area contributed by atoms with Gasteiger partial charge in [0.15, 0.2) is 6.61 Å². The molecule has 0 spiro atoms. The van der Waals surface area contributed by atoms with E-state index >= 15 is 0 Å². The zero-order valence-electron chi connectivity index (χ0n) is 12.7. The SMILES string of the molecule is COc1cc(/C=C/c2ccccc2OCC(=O)O)nc(OC)n1. The van der Waals surface area contributed by atoms with Crippen LogP contribution in [0.1, 0.15) is 11.3 Å². The van der Waals surface area contributed by atoms with Gasteiger partial charge in [-0.2, -0.15) is 9.97 Å². The minimum Gasteiger partial charge on any atom is -0.481 e. The molecule has 0 unspecified atom stereocenters. The number of aromatic nitrogens is 2. The van der Waals surface area contributed by atoms with Crippen molar-refractivity contribution in [3.8, 4) is 17.6 Å². The minimum atomic E-state index is -1.03. The Balaban J connectivity index is 2.24. The quantitative estimate of drug-likeness (QED) is 0.836. The molecule has 1 aromatic heterocycles. The van der Waals surface area contributed by atoms with E-state index in [-0.39, 0.29) is 6.01 Å². The van der Waals surface area contributed by atoms with Gasteiger partial charge in [0.25, 0.3) is 0 Å². The summed E-state index contributed by atoms with van der Waals surface area (Å²) in [6, 6.07) is 8.95. The molecule has 2 aromatic rings. The summed E-state index contributed by atoms with van der Waals surface area (Å²) in [6.07, 6.45) is 3.49. The van der Waals surface area contributed by atoms with E-state index in [2.05, 4.69) is 9.97 Å². The standard InChI is InChI=1S/C16H16N2O5/c1-21-14-9-12(17-16(18-14)22-2)8-7-11-5-3-4-6-13(11)23-10-15(19)20/h3-9H,10H2,1-2H3,(H,19,20)/b8-7+. The predicted molar refractivity (Wildman–Crippen MR) is 83.6 cm³/mol. The molecule has 1 aromatic carbocycles. The van der Waals surface area contributed by atoms with Crippen molar-refractivity contribution in [3.05, 3.63) is 41.6 Å². The Bertz CT molecular complexity index is 693. The molecule has 7 heteroatoms. The molecule has 23 heavy (non-hydrogen) atoms. The van der Waals surface area contributed by atoms with Gasteiger partial charge in [-0.05, 0) is 18.2 Å². The smallest absolute Gasteiger partial charge is 0.341 e. The largest absolute Gasteiger partial charge is 0.481 e. The normalized spacial score (nSPS) is 10.5. The summed E-state index contributed by atoms with van der Waals surface area (Å²) >= 11 is 0. The number of hydrogen-bond donors (Lipinski definition) is 1. The van der Waals surface area contributed by atoms with Gasteiger partial charge in [-0.15, -0.1) is 0 Å². The lowest BCUT2D eigenvalue weighted by Crippen LogP contribution is -2.09. The van der Waals surface area contributed by atoms with E-state index in [4.69, 9.17) is 19.3 Å². The molecule has 1 heterocycles. The summed E-state index contributed by atoms with van der Waals surface area (Å²) in [5, 5.41) is 8.70. The monoisotopic (exact) mass is 316 g/mol. The van der Waals surface area contributed by atoms with Crippen LogP contribution in [0.5, 0.6) is 17.6 Å². The number of aliphatic carboxylic acids is 1. The fourth-order valence-corrected chi connectivity index (χ4v) is 1.77. The van der Waals surface area contributed by atoms with E-state index < -0.39 is 12.6 Å². The fourth-order valence-electron chi connectivity index (χ4n) is 1.77. The third-order valence-corrected chi connectivity index (χ3v) is 2.80. The summed E-state index contributed by atoms with van der Waals surface area (Å²) in [4.78, 5) is 18.8. The molecule has 0 radical (unpaired) electrons. The van der Waals surface area contributed by atoms with Crippen LogP contribution in [0.4, 0.5) is 0 Å². The van der Waals surface area contributed by atoms with Crippen LogP contribution < -0.4 is 14.2 Å².